The van der Waals surface area contributed by atoms with Gasteiger partial charge in [0.25, 0.3) is 5.91 Å². The Hall–Kier alpha value is -1.40. The highest BCUT2D eigenvalue weighted by molar-refractivity contribution is 9.10. The zero-order valence-electron chi connectivity index (χ0n) is 10.4. The van der Waals surface area contributed by atoms with Gasteiger partial charge in [-0.3, -0.25) is 9.89 Å². The second kappa shape index (κ2) is 5.71. The molecule has 1 amide bonds. The van der Waals surface area contributed by atoms with Gasteiger partial charge in [-0.15, -0.1) is 5.10 Å². The number of rotatable bonds is 3. The molecule has 2 aromatic rings. The summed E-state index contributed by atoms with van der Waals surface area (Å²) in [5.74, 6) is 0.611. The third-order valence-electron chi connectivity index (χ3n) is 2.43. The van der Waals surface area contributed by atoms with Crippen molar-refractivity contribution in [2.45, 2.75) is 19.8 Å². The Morgan fingerprint density at radius 2 is 2.21 bits per heavy atom. The summed E-state index contributed by atoms with van der Waals surface area (Å²) < 4.78 is 0.771. The second-order valence-corrected chi connectivity index (χ2v) is 5.54. The molecule has 2 N–H and O–H groups in total. The highest BCUT2D eigenvalue weighted by Gasteiger charge is 2.14. The second-order valence-electron chi connectivity index (χ2n) is 4.28. The van der Waals surface area contributed by atoms with Crippen LogP contribution in [0, 0.1) is 0 Å². The number of carbonyl (C=O) groups is 1. The van der Waals surface area contributed by atoms with Gasteiger partial charge in [0, 0.05) is 16.1 Å². The van der Waals surface area contributed by atoms with E-state index in [-0.39, 0.29) is 17.6 Å². The van der Waals surface area contributed by atoms with Crippen molar-refractivity contribution in [2.75, 3.05) is 5.32 Å². The predicted octanol–water partition coefficient (Wildman–Crippen LogP) is 3.60. The van der Waals surface area contributed by atoms with Gasteiger partial charge in [-0.1, -0.05) is 25.4 Å². The number of amides is 1. The van der Waals surface area contributed by atoms with Gasteiger partial charge in [0.05, 0.1) is 5.02 Å². The molecular weight excluding hydrogens is 332 g/mol. The zero-order chi connectivity index (χ0) is 14.0. The summed E-state index contributed by atoms with van der Waals surface area (Å²) in [5, 5.41) is 9.83. The van der Waals surface area contributed by atoms with Crippen LogP contribution in [0.3, 0.4) is 0 Å². The molecule has 1 aromatic carbocycles. The Balaban J connectivity index is 2.13. The van der Waals surface area contributed by atoms with Crippen molar-refractivity contribution in [1.82, 2.24) is 15.2 Å². The topological polar surface area (TPSA) is 70.7 Å². The first-order valence-electron chi connectivity index (χ1n) is 5.66. The first-order chi connectivity index (χ1) is 8.97. The van der Waals surface area contributed by atoms with Crippen molar-refractivity contribution in [3.8, 4) is 0 Å². The molecule has 0 spiro atoms. The fraction of sp³-hybridized carbons (Fsp3) is 0.250. The zero-order valence-corrected chi connectivity index (χ0v) is 12.7. The monoisotopic (exact) mass is 342 g/mol. The molecule has 0 unspecified atom stereocenters. The molecule has 0 fully saturated rings. The fourth-order valence-electron chi connectivity index (χ4n) is 1.39. The Bertz CT molecular complexity index is 612. The van der Waals surface area contributed by atoms with Crippen LogP contribution in [0.2, 0.25) is 5.02 Å². The summed E-state index contributed by atoms with van der Waals surface area (Å²) in [4.78, 5) is 16.1. The number of carbonyl (C=O) groups excluding carboxylic acids is 1. The van der Waals surface area contributed by atoms with Crippen molar-refractivity contribution in [1.29, 1.82) is 0 Å². The number of hydrogen-bond acceptors (Lipinski definition) is 3. The van der Waals surface area contributed by atoms with Crippen molar-refractivity contribution >= 4 is 39.1 Å². The van der Waals surface area contributed by atoms with Gasteiger partial charge in [0.15, 0.2) is 0 Å². The van der Waals surface area contributed by atoms with Crippen LogP contribution in [0.15, 0.2) is 22.7 Å². The maximum atomic E-state index is 11.9. The Kier molecular flexibility index (Phi) is 4.21. The molecule has 0 bridgehead atoms. The van der Waals surface area contributed by atoms with E-state index in [1.165, 1.54) is 0 Å². The predicted molar refractivity (Wildman–Crippen MR) is 77.6 cm³/mol. The molecule has 19 heavy (non-hydrogen) atoms. The van der Waals surface area contributed by atoms with Crippen LogP contribution in [-0.4, -0.2) is 21.1 Å². The van der Waals surface area contributed by atoms with E-state index in [2.05, 4.69) is 36.4 Å². The highest BCUT2D eigenvalue weighted by Crippen LogP contribution is 2.25. The Morgan fingerprint density at radius 1 is 1.47 bits per heavy atom. The minimum Gasteiger partial charge on any atom is -0.319 e. The fourth-order valence-corrected chi connectivity index (χ4v) is 1.82. The lowest BCUT2D eigenvalue weighted by Gasteiger charge is -2.04. The molecule has 0 aliphatic rings. The smallest absolute Gasteiger partial charge is 0.295 e. The molecule has 1 heterocycles. The van der Waals surface area contributed by atoms with E-state index in [4.69, 9.17) is 11.6 Å². The number of aromatic nitrogens is 3. The lowest BCUT2D eigenvalue weighted by atomic mass is 10.2. The molecule has 2 rings (SSSR count). The van der Waals surface area contributed by atoms with Crippen molar-refractivity contribution in [3.05, 3.63) is 39.3 Å². The van der Waals surface area contributed by atoms with E-state index in [9.17, 15) is 4.79 Å². The summed E-state index contributed by atoms with van der Waals surface area (Å²) in [5.41, 5.74) is 0.592. The summed E-state index contributed by atoms with van der Waals surface area (Å²) in [6, 6.07) is 5.15. The van der Waals surface area contributed by atoms with E-state index >= 15 is 0 Å². The van der Waals surface area contributed by atoms with Crippen molar-refractivity contribution in [3.63, 3.8) is 0 Å². The summed E-state index contributed by atoms with van der Waals surface area (Å²) in [6.07, 6.45) is 0. The summed E-state index contributed by atoms with van der Waals surface area (Å²) >= 11 is 9.24. The number of halogens is 2. The van der Waals surface area contributed by atoms with Gasteiger partial charge in [0.1, 0.15) is 5.82 Å². The van der Waals surface area contributed by atoms with E-state index in [1.54, 1.807) is 18.2 Å². The number of aromatic amines is 1. The molecule has 100 valence electrons. The maximum Gasteiger partial charge on any atom is 0.295 e. The standard InChI is InChI=1S/C12H12BrClN4O/c1-6(2)10-16-11(18-17-10)12(19)15-7-3-4-8(13)9(14)5-7/h3-6H,1-2H3,(H,15,19)(H,16,17,18). The van der Waals surface area contributed by atoms with Crippen LogP contribution in [0.4, 0.5) is 5.69 Å². The van der Waals surface area contributed by atoms with Crippen LogP contribution < -0.4 is 5.32 Å². The van der Waals surface area contributed by atoms with Gasteiger partial charge in [0.2, 0.25) is 5.82 Å². The molecule has 0 aliphatic heterocycles. The van der Waals surface area contributed by atoms with E-state index in [0.717, 1.165) is 4.47 Å². The summed E-state index contributed by atoms with van der Waals surface area (Å²) in [6.45, 7) is 3.94. The van der Waals surface area contributed by atoms with Crippen LogP contribution in [0.1, 0.15) is 36.2 Å². The van der Waals surface area contributed by atoms with Crippen LogP contribution in [0.5, 0.6) is 0 Å². The average molecular weight is 344 g/mol. The largest absolute Gasteiger partial charge is 0.319 e. The number of H-pyrrole nitrogens is 1. The third kappa shape index (κ3) is 3.33. The van der Waals surface area contributed by atoms with Crippen LogP contribution in [-0.2, 0) is 0 Å². The molecule has 1 aromatic heterocycles. The lowest BCUT2D eigenvalue weighted by molar-refractivity contribution is 0.101. The minimum absolute atomic E-state index is 0.114. The number of benzene rings is 1. The number of nitrogens with zero attached hydrogens (tertiary/aromatic N) is 2. The summed E-state index contributed by atoms with van der Waals surface area (Å²) in [7, 11) is 0. The molecule has 5 nitrogen and oxygen atoms in total. The SMILES string of the molecule is CC(C)c1nc(C(=O)Nc2ccc(Br)c(Cl)c2)n[nH]1. The van der Waals surface area contributed by atoms with E-state index in [1.807, 2.05) is 13.8 Å². The number of hydrogen-bond donors (Lipinski definition) is 2. The molecule has 0 atom stereocenters. The van der Waals surface area contributed by atoms with Crippen LogP contribution in [0.25, 0.3) is 0 Å². The first kappa shape index (κ1) is 14.0. The van der Waals surface area contributed by atoms with Gasteiger partial charge in [-0.2, -0.15) is 0 Å². The highest BCUT2D eigenvalue weighted by atomic mass is 79.9. The van der Waals surface area contributed by atoms with Crippen molar-refractivity contribution in [2.24, 2.45) is 0 Å². The maximum absolute atomic E-state index is 11.9. The molecule has 0 radical (unpaired) electrons. The quantitative estimate of drug-likeness (QED) is 0.894. The first-order valence-corrected chi connectivity index (χ1v) is 6.83. The van der Waals surface area contributed by atoms with Crippen LogP contribution >= 0.6 is 27.5 Å². The van der Waals surface area contributed by atoms with Crippen molar-refractivity contribution < 1.29 is 4.79 Å². The lowest BCUT2D eigenvalue weighted by Crippen LogP contribution is -2.13. The van der Waals surface area contributed by atoms with Gasteiger partial charge in [-0.25, -0.2) is 4.98 Å². The van der Waals surface area contributed by atoms with E-state index < -0.39 is 0 Å². The van der Waals surface area contributed by atoms with Gasteiger partial charge >= 0.3 is 0 Å². The molecule has 0 saturated heterocycles. The molecule has 0 saturated carbocycles. The average Bonchev–Trinajstić information content (AvgIpc) is 2.83. The minimum atomic E-state index is -0.374. The van der Waals surface area contributed by atoms with E-state index in [0.29, 0.717) is 16.5 Å². The Morgan fingerprint density at radius 3 is 2.79 bits per heavy atom. The Labute approximate surface area is 123 Å². The molecule has 0 aliphatic carbocycles. The third-order valence-corrected chi connectivity index (χ3v) is 3.66. The number of anilines is 1. The number of nitrogens with one attached hydrogen (secondary N) is 2. The molecule has 7 heteroatoms. The van der Waals surface area contributed by atoms with Gasteiger partial charge in [-0.05, 0) is 34.1 Å². The molecular formula is C12H12BrClN4O. The normalized spacial score (nSPS) is 10.8. The van der Waals surface area contributed by atoms with Gasteiger partial charge < -0.3 is 5.32 Å².